The molecule has 4 N–H and O–H groups in total. The molecule has 42 heavy (non-hydrogen) atoms. The number of nitrogens with one attached hydrogen (secondary N) is 1. The number of allylic oxidation sites excluding steroid dienone is 3. The number of hydrogen-bond donors (Lipinski definition) is 3. The number of hydrogen-bond acceptors (Lipinski definition) is 10. The fourth-order valence-corrected chi connectivity index (χ4v) is 6.97. The lowest BCUT2D eigenvalue weighted by Gasteiger charge is -2.38. The Balaban J connectivity index is 1.41. The van der Waals surface area contributed by atoms with E-state index in [0.29, 0.717) is 22.9 Å². The second-order valence-electron chi connectivity index (χ2n) is 9.14. The van der Waals surface area contributed by atoms with Crippen molar-refractivity contribution in [1.29, 1.82) is 5.26 Å². The van der Waals surface area contributed by atoms with Crippen molar-refractivity contribution in [3.8, 4) is 6.07 Å². The lowest BCUT2D eigenvalue weighted by molar-refractivity contribution is -0.116. The summed E-state index contributed by atoms with van der Waals surface area (Å²) >= 11 is 14.4. The molecule has 1 unspecified atom stereocenters. The summed E-state index contributed by atoms with van der Waals surface area (Å²) < 4.78 is 15.4. The first kappa shape index (κ1) is 29.5. The Morgan fingerprint density at radius 2 is 2.02 bits per heavy atom. The molecule has 1 aliphatic carbocycles. The number of carboxylic acids is 1. The Morgan fingerprint density at radius 3 is 2.74 bits per heavy atom. The van der Waals surface area contributed by atoms with Crippen LogP contribution in [0.15, 0.2) is 63.4 Å². The van der Waals surface area contributed by atoms with Crippen LogP contribution in [0.4, 0.5) is 15.2 Å². The zero-order valence-electron chi connectivity index (χ0n) is 21.4. The number of amides is 1. The topological polar surface area (TPSA) is 162 Å². The summed E-state index contributed by atoms with van der Waals surface area (Å²) in [5.41, 5.74) is 7.33. The minimum absolute atomic E-state index is 0.0109. The van der Waals surface area contributed by atoms with Crippen LogP contribution in [-0.4, -0.2) is 38.7 Å². The second kappa shape index (κ2) is 12.1. The standard InChI is InChI=1S/C27H19Cl2FN6O4S2/c28-15-8-7-12(9-13(15)25(39)40)33-20(38)11-41-27-35-34-26(42-27)36-18-5-2-6-19(37)23(18)21(14(10-31)24(36)32)22-16(29)3-1-4-17(22)30/h1,3-4,7-9,21H,2,5-6,11,32H2,(H,33,38)(H,39,40). The number of rotatable bonds is 7. The molecule has 0 saturated heterocycles. The first-order valence-corrected chi connectivity index (χ1v) is 14.9. The van der Waals surface area contributed by atoms with Crippen LogP contribution in [0.1, 0.15) is 41.1 Å². The molecule has 1 amide bonds. The van der Waals surface area contributed by atoms with Gasteiger partial charge in [-0.05, 0) is 43.2 Å². The number of thioether (sulfide) groups is 1. The number of carboxylic acid groups (broad SMARTS) is 1. The lowest BCUT2D eigenvalue weighted by atomic mass is 9.75. The number of nitriles is 1. The van der Waals surface area contributed by atoms with Gasteiger partial charge in [0.2, 0.25) is 11.0 Å². The summed E-state index contributed by atoms with van der Waals surface area (Å²) in [6.07, 6.45) is 1.17. The van der Waals surface area contributed by atoms with Gasteiger partial charge in [-0.15, -0.1) is 10.2 Å². The zero-order valence-corrected chi connectivity index (χ0v) is 24.5. The highest BCUT2D eigenvalue weighted by atomic mass is 35.5. The van der Waals surface area contributed by atoms with Gasteiger partial charge in [0.05, 0.1) is 33.9 Å². The van der Waals surface area contributed by atoms with Gasteiger partial charge in [-0.2, -0.15) is 5.26 Å². The summed E-state index contributed by atoms with van der Waals surface area (Å²) in [7, 11) is 0. The van der Waals surface area contributed by atoms with Crippen LogP contribution in [0.2, 0.25) is 10.0 Å². The Hall–Kier alpha value is -3.96. The maximum absolute atomic E-state index is 15.0. The Kier molecular flexibility index (Phi) is 8.51. The van der Waals surface area contributed by atoms with Gasteiger partial charge in [-0.3, -0.25) is 14.5 Å². The number of aromatic carboxylic acids is 1. The average Bonchev–Trinajstić information content (AvgIpc) is 3.41. The van der Waals surface area contributed by atoms with Crippen molar-refractivity contribution in [2.24, 2.45) is 5.73 Å². The predicted molar refractivity (Wildman–Crippen MR) is 157 cm³/mol. The zero-order chi connectivity index (χ0) is 30.1. The van der Waals surface area contributed by atoms with Crippen LogP contribution in [0.3, 0.4) is 0 Å². The van der Waals surface area contributed by atoms with Crippen molar-refractivity contribution in [3.05, 3.63) is 86.1 Å². The van der Waals surface area contributed by atoms with E-state index in [0.717, 1.165) is 23.1 Å². The van der Waals surface area contributed by atoms with Crippen molar-refractivity contribution < 1.29 is 23.9 Å². The van der Waals surface area contributed by atoms with E-state index in [4.69, 9.17) is 28.9 Å². The van der Waals surface area contributed by atoms with Crippen LogP contribution in [0, 0.1) is 17.1 Å². The molecule has 10 nitrogen and oxygen atoms in total. The number of carbonyl (C=O) groups excluding carboxylic acids is 2. The number of nitrogens with two attached hydrogens (primary N) is 1. The smallest absolute Gasteiger partial charge is 0.337 e. The third kappa shape index (κ3) is 5.58. The van der Waals surface area contributed by atoms with Gasteiger partial charge in [-0.1, -0.05) is 52.4 Å². The van der Waals surface area contributed by atoms with Gasteiger partial charge < -0.3 is 16.2 Å². The van der Waals surface area contributed by atoms with E-state index >= 15 is 4.39 Å². The third-order valence-electron chi connectivity index (χ3n) is 6.60. The molecule has 15 heteroatoms. The van der Waals surface area contributed by atoms with E-state index in [9.17, 15) is 24.8 Å². The van der Waals surface area contributed by atoms with Gasteiger partial charge in [0.25, 0.3) is 0 Å². The van der Waals surface area contributed by atoms with Gasteiger partial charge in [0, 0.05) is 34.0 Å². The number of carbonyl (C=O) groups is 3. The molecule has 1 atom stereocenters. The maximum atomic E-state index is 15.0. The van der Waals surface area contributed by atoms with Crippen molar-refractivity contribution in [1.82, 2.24) is 10.2 Å². The molecule has 5 rings (SSSR count). The number of anilines is 2. The SMILES string of the molecule is N#CC1=C(N)N(c2nnc(SCC(=O)Nc3ccc(Cl)c(C(=O)O)c3)s2)C2=C(C(=O)CCC2)C1c1c(F)cccc1Cl. The predicted octanol–water partition coefficient (Wildman–Crippen LogP) is 5.72. The van der Waals surface area contributed by atoms with Crippen molar-refractivity contribution >= 4 is 74.8 Å². The summed E-state index contributed by atoms with van der Waals surface area (Å²) in [6.45, 7) is 0. The fraction of sp³-hybridized carbons (Fsp3) is 0.185. The Morgan fingerprint density at radius 1 is 1.24 bits per heavy atom. The second-order valence-corrected chi connectivity index (χ2v) is 12.1. The van der Waals surface area contributed by atoms with Crippen molar-refractivity contribution in [2.45, 2.75) is 29.5 Å². The first-order chi connectivity index (χ1) is 20.1. The molecule has 0 fully saturated rings. The highest BCUT2D eigenvalue weighted by Crippen LogP contribution is 2.49. The van der Waals surface area contributed by atoms with Gasteiger partial charge in [-0.25, -0.2) is 9.18 Å². The third-order valence-corrected chi connectivity index (χ3v) is 9.30. The Labute approximate surface area is 256 Å². The van der Waals surface area contributed by atoms with E-state index < -0.39 is 23.6 Å². The van der Waals surface area contributed by atoms with E-state index in [1.165, 1.54) is 41.3 Å². The number of aromatic nitrogens is 2. The molecule has 1 aliphatic heterocycles. The molecular formula is C27H19Cl2FN6O4S2. The number of Topliss-reactive ketones (excluding diaryl/α,β-unsaturated/α-hetero) is 1. The molecule has 214 valence electrons. The van der Waals surface area contributed by atoms with Crippen molar-refractivity contribution in [2.75, 3.05) is 16.0 Å². The number of benzene rings is 2. The molecule has 2 aromatic carbocycles. The minimum Gasteiger partial charge on any atom is -0.478 e. The highest BCUT2D eigenvalue weighted by molar-refractivity contribution is 8.01. The minimum atomic E-state index is -1.22. The van der Waals surface area contributed by atoms with Crippen LogP contribution in [0.5, 0.6) is 0 Å². The summed E-state index contributed by atoms with van der Waals surface area (Å²) in [6, 6.07) is 10.3. The van der Waals surface area contributed by atoms with E-state index in [1.807, 2.05) is 6.07 Å². The van der Waals surface area contributed by atoms with Crippen LogP contribution in [-0.2, 0) is 9.59 Å². The summed E-state index contributed by atoms with van der Waals surface area (Å²) in [5.74, 6) is -3.70. The monoisotopic (exact) mass is 644 g/mol. The number of ketones is 1. The number of nitrogens with zero attached hydrogens (tertiary/aromatic N) is 4. The quantitative estimate of drug-likeness (QED) is 0.271. The van der Waals surface area contributed by atoms with E-state index in [2.05, 4.69) is 15.5 Å². The van der Waals surface area contributed by atoms with E-state index in [-0.39, 0.29) is 66.9 Å². The molecule has 0 bridgehead atoms. The lowest BCUT2D eigenvalue weighted by Crippen LogP contribution is -2.39. The molecule has 0 radical (unpaired) electrons. The van der Waals surface area contributed by atoms with Gasteiger partial charge in [0.15, 0.2) is 10.1 Å². The van der Waals surface area contributed by atoms with Gasteiger partial charge >= 0.3 is 5.97 Å². The molecule has 3 aromatic rings. The van der Waals surface area contributed by atoms with Crippen LogP contribution < -0.4 is 16.0 Å². The molecular weight excluding hydrogens is 626 g/mol. The van der Waals surface area contributed by atoms with Crippen molar-refractivity contribution in [3.63, 3.8) is 0 Å². The molecule has 1 aromatic heterocycles. The molecule has 2 heterocycles. The highest BCUT2D eigenvalue weighted by Gasteiger charge is 2.43. The fourth-order valence-electron chi connectivity index (χ4n) is 4.82. The molecule has 0 saturated carbocycles. The molecule has 0 spiro atoms. The Bertz CT molecular complexity index is 1730. The van der Waals surface area contributed by atoms with Gasteiger partial charge in [0.1, 0.15) is 11.6 Å². The first-order valence-electron chi connectivity index (χ1n) is 12.3. The molecule has 2 aliphatic rings. The van der Waals surface area contributed by atoms with Crippen LogP contribution >= 0.6 is 46.3 Å². The van der Waals surface area contributed by atoms with Crippen LogP contribution in [0.25, 0.3) is 0 Å². The van der Waals surface area contributed by atoms with E-state index in [1.54, 1.807) is 0 Å². The average molecular weight is 646 g/mol. The summed E-state index contributed by atoms with van der Waals surface area (Å²) in [5, 5.41) is 30.7. The number of halogens is 3. The summed E-state index contributed by atoms with van der Waals surface area (Å²) in [4.78, 5) is 38.6. The largest absolute Gasteiger partial charge is 0.478 e. The maximum Gasteiger partial charge on any atom is 0.337 e. The normalized spacial score (nSPS) is 16.8.